The Morgan fingerprint density at radius 2 is 0.625 bits per heavy atom. The van der Waals surface area contributed by atoms with E-state index < -0.39 is 0 Å². The first kappa shape index (κ1) is 22.5. The Hall–Kier alpha value is 2.07. The Labute approximate surface area is 93.1 Å². The molecule has 0 amide bonds. The molecule has 0 aromatic carbocycles. The Morgan fingerprint density at radius 3 is 0.625 bits per heavy atom. The monoisotopic (exact) mass is 360 g/mol. The maximum atomic E-state index is 2.15. The van der Waals surface area contributed by atoms with E-state index in [1.165, 1.54) is 0 Å². The van der Waals surface area contributed by atoms with Crippen LogP contribution in [0.25, 0.3) is 0 Å². The maximum absolute atomic E-state index is 2.15. The Bertz CT molecular complexity index is 14.0. The van der Waals surface area contributed by atoms with Crippen molar-refractivity contribution in [3.05, 3.63) is 0 Å². The van der Waals surface area contributed by atoms with Gasteiger partial charge in [-0.05, 0) is 0 Å². The van der Waals surface area contributed by atoms with Crippen LogP contribution in [0.15, 0.2) is 0 Å². The van der Waals surface area contributed by atoms with Gasteiger partial charge < -0.3 is 0 Å². The van der Waals surface area contributed by atoms with Crippen LogP contribution in [0, 0.1) is 0 Å². The predicted molar refractivity (Wildman–Crippen MR) is 49.3 cm³/mol. The zero-order valence-corrected chi connectivity index (χ0v) is 13.7. The Morgan fingerprint density at radius 1 is 0.625 bits per heavy atom. The first-order valence-electron chi connectivity index (χ1n) is 2.00. The molecule has 8 heavy (non-hydrogen) atoms. The molecule has 0 spiro atoms. The summed E-state index contributed by atoms with van der Waals surface area (Å²) in [6, 6.07) is 0. The zero-order chi connectivity index (χ0) is 5.41. The number of rotatable bonds is 0. The van der Waals surface area contributed by atoms with E-state index in [4.69, 9.17) is 0 Å². The Kier molecular flexibility index (Phi) is 100. The van der Waals surface area contributed by atoms with Crippen LogP contribution in [-0.4, -0.2) is 67.9 Å². The minimum atomic E-state index is 0. The molecule has 0 heterocycles. The number of hydrogen-bond donors (Lipinski definition) is 0. The molecule has 0 atom stereocenters. The van der Waals surface area contributed by atoms with Crippen molar-refractivity contribution in [3.8, 4) is 0 Å². The first-order chi connectivity index (χ1) is 2.83. The molecule has 0 unspecified atom stereocenters. The molecule has 0 saturated carbocycles. The SMILES string of the molecule is C[Si]C.C[Si]C.[SbH].[SbH]. The molecule has 0 bridgehead atoms. The summed E-state index contributed by atoms with van der Waals surface area (Å²) in [6.45, 7) is 8.61. The minimum absolute atomic E-state index is 0. The van der Waals surface area contributed by atoms with E-state index in [-0.39, 0.29) is 48.9 Å². The molecule has 0 aromatic rings. The molecule has 48 valence electrons. The van der Waals surface area contributed by atoms with Crippen LogP contribution in [0.2, 0.25) is 26.2 Å². The molecule has 8 radical (unpaired) electrons. The quantitative estimate of drug-likeness (QED) is 0.544. The molecule has 0 aliphatic rings. The van der Waals surface area contributed by atoms with E-state index in [0.717, 1.165) is 19.0 Å². The third kappa shape index (κ3) is 94.1. The van der Waals surface area contributed by atoms with E-state index in [1.54, 1.807) is 0 Å². The fourth-order valence-electron chi connectivity index (χ4n) is 0. The summed E-state index contributed by atoms with van der Waals surface area (Å²) in [6.07, 6.45) is 0. The average Bonchev–Trinajstić information content (AvgIpc) is 1.39. The molecule has 0 rings (SSSR count). The van der Waals surface area contributed by atoms with Gasteiger partial charge in [-0.2, -0.15) is 0 Å². The van der Waals surface area contributed by atoms with Gasteiger partial charge in [-0.25, -0.2) is 0 Å². The standard InChI is InChI=1S/2C2H6Si.2Sb.2H/c2*1-3-2;;;;/h2*1-2H3;;;;. The normalized spacial score (nSPS) is 4.50. The van der Waals surface area contributed by atoms with Crippen molar-refractivity contribution in [3.63, 3.8) is 0 Å². The molecule has 0 aromatic heterocycles. The third-order valence-electron chi connectivity index (χ3n) is 0. The van der Waals surface area contributed by atoms with Gasteiger partial charge in [0, 0.05) is 19.0 Å². The predicted octanol–water partition coefficient (Wildman–Crippen LogP) is 0.277. The van der Waals surface area contributed by atoms with Crippen molar-refractivity contribution in [2.45, 2.75) is 26.2 Å². The summed E-state index contributed by atoms with van der Waals surface area (Å²) in [7, 11) is 2.17. The van der Waals surface area contributed by atoms with Crippen LogP contribution < -0.4 is 0 Å². The van der Waals surface area contributed by atoms with Crippen molar-refractivity contribution < 1.29 is 0 Å². The van der Waals surface area contributed by atoms with Crippen LogP contribution in [0.4, 0.5) is 0 Å². The molecular weight excluding hydrogens is 348 g/mol. The molecule has 0 aliphatic carbocycles. The summed E-state index contributed by atoms with van der Waals surface area (Å²) in [5.41, 5.74) is 0. The van der Waals surface area contributed by atoms with Gasteiger partial charge in [-0.1, -0.05) is 26.2 Å². The average molecular weight is 362 g/mol. The van der Waals surface area contributed by atoms with Gasteiger partial charge in [0.15, 0.2) is 0 Å². The van der Waals surface area contributed by atoms with Gasteiger partial charge in [0.05, 0.1) is 0 Å². The van der Waals surface area contributed by atoms with E-state index in [2.05, 4.69) is 26.2 Å². The van der Waals surface area contributed by atoms with Gasteiger partial charge in [-0.3, -0.25) is 0 Å². The second-order valence-corrected chi connectivity index (χ2v) is 3.00. The van der Waals surface area contributed by atoms with Gasteiger partial charge in [0.1, 0.15) is 0 Å². The van der Waals surface area contributed by atoms with Crippen LogP contribution >= 0.6 is 0 Å². The van der Waals surface area contributed by atoms with Crippen LogP contribution in [-0.2, 0) is 0 Å². The zero-order valence-electron chi connectivity index (χ0n) is 6.00. The third-order valence-corrected chi connectivity index (χ3v) is 0. The molecule has 0 saturated heterocycles. The second kappa shape index (κ2) is 35.7. The molecule has 4 heteroatoms. The summed E-state index contributed by atoms with van der Waals surface area (Å²) in [5.74, 6) is 0. The van der Waals surface area contributed by atoms with Crippen molar-refractivity contribution in [2.24, 2.45) is 0 Å². The fourth-order valence-corrected chi connectivity index (χ4v) is 0. The van der Waals surface area contributed by atoms with Crippen molar-refractivity contribution in [1.29, 1.82) is 0 Å². The molecule has 0 fully saturated rings. The summed E-state index contributed by atoms with van der Waals surface area (Å²) in [4.78, 5) is 0. The van der Waals surface area contributed by atoms with Gasteiger partial charge >= 0.3 is 48.9 Å². The second-order valence-electron chi connectivity index (χ2n) is 1.00. The molecular formula is C4H14Sb2Si2. The molecule has 0 N–H and O–H groups in total. The van der Waals surface area contributed by atoms with Crippen LogP contribution in [0.5, 0.6) is 0 Å². The van der Waals surface area contributed by atoms with Crippen molar-refractivity contribution >= 4 is 67.9 Å². The van der Waals surface area contributed by atoms with E-state index >= 15 is 0 Å². The molecule has 0 aliphatic heterocycles. The topological polar surface area (TPSA) is 0 Å². The summed E-state index contributed by atoms with van der Waals surface area (Å²) >= 11 is 0. The first-order valence-corrected chi connectivity index (χ1v) is 6.00. The molecule has 0 nitrogen and oxygen atoms in total. The van der Waals surface area contributed by atoms with Crippen LogP contribution in [0.3, 0.4) is 0 Å². The van der Waals surface area contributed by atoms with E-state index in [0.29, 0.717) is 0 Å². The summed E-state index contributed by atoms with van der Waals surface area (Å²) in [5, 5.41) is 0. The van der Waals surface area contributed by atoms with Crippen LogP contribution in [0.1, 0.15) is 0 Å². The van der Waals surface area contributed by atoms with Gasteiger partial charge in [-0.15, -0.1) is 0 Å². The van der Waals surface area contributed by atoms with E-state index in [1.807, 2.05) is 0 Å². The van der Waals surface area contributed by atoms with Crippen molar-refractivity contribution in [1.82, 2.24) is 0 Å². The van der Waals surface area contributed by atoms with Crippen molar-refractivity contribution in [2.75, 3.05) is 0 Å². The van der Waals surface area contributed by atoms with Gasteiger partial charge in [0.2, 0.25) is 0 Å². The fraction of sp³-hybridized carbons (Fsp3) is 1.00. The Balaban J connectivity index is -0.0000000160. The van der Waals surface area contributed by atoms with E-state index in [9.17, 15) is 0 Å². The van der Waals surface area contributed by atoms with Gasteiger partial charge in [0.25, 0.3) is 0 Å². The summed E-state index contributed by atoms with van der Waals surface area (Å²) < 4.78 is 0. The number of hydrogen-bond acceptors (Lipinski definition) is 0.